The normalized spacial score (nSPS) is 12.6. The lowest BCUT2D eigenvalue weighted by Crippen LogP contribution is -2.21. The lowest BCUT2D eigenvalue weighted by molar-refractivity contribution is -0.275. The highest BCUT2D eigenvalue weighted by Gasteiger charge is 2.32. The van der Waals surface area contributed by atoms with Crippen LogP contribution in [0.2, 0.25) is 0 Å². The van der Waals surface area contributed by atoms with Crippen LogP contribution in [0, 0.1) is 0 Å². The van der Waals surface area contributed by atoms with Crippen LogP contribution in [-0.4, -0.2) is 32.5 Å². The molecular formula is C17H16F5NO3S. The van der Waals surface area contributed by atoms with Crippen LogP contribution in [0.4, 0.5) is 22.0 Å². The molecule has 0 aliphatic carbocycles. The lowest BCUT2D eigenvalue weighted by atomic mass is 10.1. The van der Waals surface area contributed by atoms with Crippen LogP contribution >= 0.6 is 0 Å². The number of hydrogen-bond donors (Lipinski definition) is 0. The van der Waals surface area contributed by atoms with E-state index in [1.54, 1.807) is 18.0 Å². The summed E-state index contributed by atoms with van der Waals surface area (Å²) in [7, 11) is -3.02. The molecule has 0 radical (unpaired) electrons. The third-order valence-electron chi connectivity index (χ3n) is 3.58. The van der Waals surface area contributed by atoms with Crippen LogP contribution in [-0.2, 0) is 22.9 Å². The van der Waals surface area contributed by atoms with E-state index in [1.165, 1.54) is 30.3 Å². The molecule has 0 fully saturated rings. The summed E-state index contributed by atoms with van der Waals surface area (Å²) in [6.45, 7) is 0.388. The second-order valence-corrected chi connectivity index (χ2v) is 7.70. The Kier molecular flexibility index (Phi) is 6.42. The predicted molar refractivity (Wildman–Crippen MR) is 87.9 cm³/mol. The molecule has 0 saturated carbocycles. The summed E-state index contributed by atoms with van der Waals surface area (Å²) >= 11 is 0. The minimum Gasteiger partial charge on any atom is -0.405 e. The molecule has 0 aliphatic heterocycles. The summed E-state index contributed by atoms with van der Waals surface area (Å²) < 4.78 is 89.2. The largest absolute Gasteiger partial charge is 0.573 e. The van der Waals surface area contributed by atoms with Gasteiger partial charge in [-0.05, 0) is 30.8 Å². The van der Waals surface area contributed by atoms with E-state index in [1.807, 2.05) is 0 Å². The zero-order valence-electron chi connectivity index (χ0n) is 14.1. The summed E-state index contributed by atoms with van der Waals surface area (Å²) in [6.07, 6.45) is -4.80. The Morgan fingerprint density at radius 1 is 1.00 bits per heavy atom. The Morgan fingerprint density at radius 2 is 1.59 bits per heavy atom. The van der Waals surface area contributed by atoms with E-state index >= 15 is 0 Å². The van der Waals surface area contributed by atoms with Gasteiger partial charge in [0.15, 0.2) is 0 Å². The van der Waals surface area contributed by atoms with Gasteiger partial charge >= 0.3 is 12.1 Å². The fourth-order valence-electron chi connectivity index (χ4n) is 2.40. The minimum absolute atomic E-state index is 0.128. The van der Waals surface area contributed by atoms with E-state index in [2.05, 4.69) is 4.74 Å². The second kappa shape index (κ2) is 8.22. The maximum absolute atomic E-state index is 12.5. The van der Waals surface area contributed by atoms with Gasteiger partial charge in [0.2, 0.25) is 9.84 Å². The summed E-state index contributed by atoms with van der Waals surface area (Å²) in [4.78, 5) is 1.18. The van der Waals surface area contributed by atoms with Crippen LogP contribution < -0.4 is 4.74 Å². The average molecular weight is 409 g/mol. The van der Waals surface area contributed by atoms with Gasteiger partial charge in [0.05, 0.1) is 4.90 Å². The topological polar surface area (TPSA) is 46.6 Å². The van der Waals surface area contributed by atoms with Gasteiger partial charge in [0, 0.05) is 18.7 Å². The minimum atomic E-state index is -4.80. The van der Waals surface area contributed by atoms with Crippen molar-refractivity contribution in [2.45, 2.75) is 30.1 Å². The Morgan fingerprint density at radius 3 is 2.15 bits per heavy atom. The van der Waals surface area contributed by atoms with E-state index in [4.69, 9.17) is 0 Å². The predicted octanol–water partition coefficient (Wildman–Crippen LogP) is 4.21. The number of hydrogen-bond acceptors (Lipinski definition) is 4. The van der Waals surface area contributed by atoms with Crippen molar-refractivity contribution < 1.29 is 35.1 Å². The molecule has 0 N–H and O–H groups in total. The Balaban J connectivity index is 2.08. The number of benzene rings is 2. The maximum atomic E-state index is 12.5. The number of nitrogens with zero attached hydrogens (tertiary/aromatic N) is 1. The molecule has 0 unspecified atom stereocenters. The van der Waals surface area contributed by atoms with E-state index < -0.39 is 26.9 Å². The van der Waals surface area contributed by atoms with Crippen molar-refractivity contribution in [3.63, 3.8) is 0 Å². The van der Waals surface area contributed by atoms with Crippen molar-refractivity contribution in [1.82, 2.24) is 4.90 Å². The van der Waals surface area contributed by atoms with Gasteiger partial charge in [-0.3, -0.25) is 4.90 Å². The van der Waals surface area contributed by atoms with Crippen LogP contribution in [0.5, 0.6) is 5.75 Å². The number of para-hydroxylation sites is 1. The number of alkyl halides is 5. The first kappa shape index (κ1) is 21.1. The van der Waals surface area contributed by atoms with Crippen LogP contribution in [0.3, 0.4) is 0 Å². The van der Waals surface area contributed by atoms with Gasteiger partial charge in [0.1, 0.15) is 5.75 Å². The highest BCUT2D eigenvalue weighted by atomic mass is 32.2. The molecule has 4 nitrogen and oxygen atoms in total. The number of sulfone groups is 1. The standard InChI is InChI=1S/C17H16F5NO3S/c1-23(11-13-4-2-3-5-15(13)26-17(20,21)22)10-12-6-8-14(9-7-12)27(24,25)16(18)19/h2-9,16H,10-11H2,1H3. The summed E-state index contributed by atoms with van der Waals surface area (Å²) in [5, 5.41) is 0. The molecule has 2 aromatic carbocycles. The molecule has 0 atom stereocenters. The summed E-state index contributed by atoms with van der Waals surface area (Å²) in [5.41, 5.74) is 0.925. The second-order valence-electron chi connectivity index (χ2n) is 5.78. The van der Waals surface area contributed by atoms with Gasteiger partial charge in [-0.2, -0.15) is 8.78 Å². The van der Waals surface area contributed by atoms with Gasteiger partial charge in [-0.15, -0.1) is 13.2 Å². The van der Waals surface area contributed by atoms with Crippen LogP contribution in [0.15, 0.2) is 53.4 Å². The van der Waals surface area contributed by atoms with E-state index in [0.29, 0.717) is 11.1 Å². The van der Waals surface area contributed by atoms with Crippen molar-refractivity contribution in [3.8, 4) is 5.75 Å². The van der Waals surface area contributed by atoms with Gasteiger partial charge in [-0.25, -0.2) is 8.42 Å². The molecule has 0 bridgehead atoms. The average Bonchev–Trinajstić information content (AvgIpc) is 2.55. The zero-order chi connectivity index (χ0) is 20.2. The van der Waals surface area contributed by atoms with E-state index in [9.17, 15) is 30.4 Å². The van der Waals surface area contributed by atoms with Crippen molar-refractivity contribution in [3.05, 3.63) is 59.7 Å². The molecule has 0 amide bonds. The molecule has 0 spiro atoms. The molecule has 0 saturated heterocycles. The molecule has 2 aromatic rings. The highest BCUT2D eigenvalue weighted by Crippen LogP contribution is 2.27. The Hall–Kier alpha value is -2.20. The van der Waals surface area contributed by atoms with E-state index in [-0.39, 0.29) is 18.8 Å². The third-order valence-corrected chi connectivity index (χ3v) is 4.98. The fraction of sp³-hybridized carbons (Fsp3) is 0.294. The monoisotopic (exact) mass is 409 g/mol. The quantitative estimate of drug-likeness (QED) is 0.643. The third kappa shape index (κ3) is 5.90. The first-order chi connectivity index (χ1) is 12.5. The SMILES string of the molecule is CN(Cc1ccc(S(=O)(=O)C(F)F)cc1)Cc1ccccc1OC(F)(F)F. The zero-order valence-corrected chi connectivity index (χ0v) is 14.9. The van der Waals surface area contributed by atoms with Gasteiger partial charge in [-0.1, -0.05) is 30.3 Å². The maximum Gasteiger partial charge on any atom is 0.573 e. The molecule has 2 rings (SSSR count). The number of ether oxygens (including phenoxy) is 1. The lowest BCUT2D eigenvalue weighted by Gasteiger charge is -2.19. The van der Waals surface area contributed by atoms with E-state index in [0.717, 1.165) is 12.1 Å². The van der Waals surface area contributed by atoms with Crippen LogP contribution in [0.25, 0.3) is 0 Å². The first-order valence-corrected chi connectivity index (χ1v) is 9.17. The Labute approximate surface area is 153 Å². The van der Waals surface area contributed by atoms with Gasteiger partial charge < -0.3 is 4.74 Å². The molecule has 0 aliphatic rings. The van der Waals surface area contributed by atoms with Gasteiger partial charge in [0.25, 0.3) is 0 Å². The van der Waals surface area contributed by atoms with Crippen molar-refractivity contribution in [2.24, 2.45) is 0 Å². The van der Waals surface area contributed by atoms with Crippen molar-refractivity contribution >= 4 is 9.84 Å². The molecule has 27 heavy (non-hydrogen) atoms. The molecule has 148 valence electrons. The summed E-state index contributed by atoms with van der Waals surface area (Å²) in [5.74, 6) is -3.81. The smallest absolute Gasteiger partial charge is 0.405 e. The number of rotatable bonds is 7. The van der Waals surface area contributed by atoms with Crippen molar-refractivity contribution in [1.29, 1.82) is 0 Å². The Bertz CT molecular complexity index is 867. The summed E-state index contributed by atoms with van der Waals surface area (Å²) in [6, 6.07) is 10.6. The molecule has 10 heteroatoms. The molecular weight excluding hydrogens is 393 g/mol. The first-order valence-electron chi connectivity index (χ1n) is 7.62. The number of halogens is 5. The highest BCUT2D eigenvalue weighted by molar-refractivity contribution is 7.91. The van der Waals surface area contributed by atoms with Crippen molar-refractivity contribution in [2.75, 3.05) is 7.05 Å². The molecule has 0 aromatic heterocycles. The molecule has 0 heterocycles. The fourth-order valence-corrected chi connectivity index (χ4v) is 3.13. The van der Waals surface area contributed by atoms with Crippen LogP contribution in [0.1, 0.15) is 11.1 Å².